The maximum Gasteiger partial charge on any atom is 0.256 e. The number of imidazole rings is 1. The Morgan fingerprint density at radius 1 is 1.13 bits per heavy atom. The van der Waals surface area contributed by atoms with Gasteiger partial charge in [0.2, 0.25) is 0 Å². The fourth-order valence-electron chi connectivity index (χ4n) is 2.96. The molecule has 3 aromatic heterocycles. The van der Waals surface area contributed by atoms with Gasteiger partial charge in [-0.05, 0) is 42.8 Å². The number of nitrogens with one attached hydrogen (secondary N) is 1. The number of nitrogens with zero attached hydrogens (tertiary/aromatic N) is 3. The summed E-state index contributed by atoms with van der Waals surface area (Å²) in [4.78, 5) is 17.0. The van der Waals surface area contributed by atoms with E-state index in [2.05, 4.69) is 15.5 Å². The minimum Gasteiger partial charge on any atom is -0.487 e. The second-order valence-corrected chi connectivity index (χ2v) is 8.30. The van der Waals surface area contributed by atoms with Gasteiger partial charge in [-0.2, -0.15) is 0 Å². The zero-order valence-electron chi connectivity index (χ0n) is 17.5. The van der Waals surface area contributed by atoms with Crippen LogP contribution in [0.2, 0.25) is 0 Å². The van der Waals surface area contributed by atoms with Crippen LogP contribution < -0.4 is 10.1 Å². The molecule has 0 atom stereocenters. The molecule has 0 aliphatic heterocycles. The van der Waals surface area contributed by atoms with E-state index < -0.39 is 0 Å². The second kappa shape index (κ2) is 7.67. The van der Waals surface area contributed by atoms with Crippen LogP contribution in [-0.4, -0.2) is 20.4 Å². The van der Waals surface area contributed by atoms with Gasteiger partial charge in [-0.25, -0.2) is 4.98 Å². The molecule has 0 fully saturated rings. The molecule has 30 heavy (non-hydrogen) atoms. The SMILES string of the molecule is Cc1ccc2nc(COc3ccc(C(=O)Nc4cc(C(C)(C)C)on4)cc3)cn2c1. The van der Waals surface area contributed by atoms with Gasteiger partial charge in [-0.1, -0.05) is 32.0 Å². The van der Waals surface area contributed by atoms with Gasteiger partial charge >= 0.3 is 0 Å². The van der Waals surface area contributed by atoms with Gasteiger partial charge in [-0.3, -0.25) is 4.79 Å². The molecular weight excluding hydrogens is 380 g/mol. The largest absolute Gasteiger partial charge is 0.487 e. The van der Waals surface area contributed by atoms with Crippen LogP contribution in [0.4, 0.5) is 5.82 Å². The number of carbonyl (C=O) groups is 1. The summed E-state index contributed by atoms with van der Waals surface area (Å²) in [5.41, 5.74) is 3.22. The number of hydrogen-bond acceptors (Lipinski definition) is 5. The van der Waals surface area contributed by atoms with Crippen molar-refractivity contribution in [2.24, 2.45) is 0 Å². The summed E-state index contributed by atoms with van der Waals surface area (Å²) in [6, 6.07) is 12.7. The van der Waals surface area contributed by atoms with Crippen molar-refractivity contribution < 1.29 is 14.1 Å². The molecule has 0 radical (unpaired) electrons. The number of hydrogen-bond donors (Lipinski definition) is 1. The van der Waals surface area contributed by atoms with Gasteiger partial charge in [0, 0.05) is 29.4 Å². The Balaban J connectivity index is 1.37. The summed E-state index contributed by atoms with van der Waals surface area (Å²) in [6.45, 7) is 8.45. The van der Waals surface area contributed by atoms with Gasteiger partial charge in [0.15, 0.2) is 5.82 Å². The molecule has 3 heterocycles. The summed E-state index contributed by atoms with van der Waals surface area (Å²) < 4.78 is 13.1. The third-order valence-electron chi connectivity index (χ3n) is 4.64. The van der Waals surface area contributed by atoms with E-state index in [0.29, 0.717) is 29.5 Å². The number of aryl methyl sites for hydroxylation is 1. The third kappa shape index (κ3) is 4.35. The van der Waals surface area contributed by atoms with Crippen molar-refractivity contribution in [1.29, 1.82) is 0 Å². The summed E-state index contributed by atoms with van der Waals surface area (Å²) in [6.07, 6.45) is 3.98. The smallest absolute Gasteiger partial charge is 0.256 e. The Kier molecular flexibility index (Phi) is 5.03. The van der Waals surface area contributed by atoms with Crippen LogP contribution >= 0.6 is 0 Å². The summed E-state index contributed by atoms with van der Waals surface area (Å²) in [5.74, 6) is 1.51. The van der Waals surface area contributed by atoms with Crippen LogP contribution in [0.25, 0.3) is 5.65 Å². The molecular formula is C23H24N4O3. The molecule has 0 saturated heterocycles. The highest BCUT2D eigenvalue weighted by molar-refractivity contribution is 6.03. The predicted molar refractivity (Wildman–Crippen MR) is 114 cm³/mol. The monoisotopic (exact) mass is 404 g/mol. The number of rotatable bonds is 5. The number of ether oxygens (including phenoxy) is 1. The lowest BCUT2D eigenvalue weighted by Crippen LogP contribution is -2.12. The molecule has 0 aliphatic carbocycles. The maximum absolute atomic E-state index is 12.4. The van der Waals surface area contributed by atoms with Crippen LogP contribution in [0.5, 0.6) is 5.75 Å². The van der Waals surface area contributed by atoms with Crippen molar-refractivity contribution in [2.45, 2.75) is 39.7 Å². The third-order valence-corrected chi connectivity index (χ3v) is 4.64. The molecule has 0 saturated carbocycles. The van der Waals surface area contributed by atoms with Crippen LogP contribution in [0.1, 0.15) is 48.1 Å². The topological polar surface area (TPSA) is 81.7 Å². The Morgan fingerprint density at radius 2 is 1.90 bits per heavy atom. The van der Waals surface area contributed by atoms with Crippen LogP contribution in [0, 0.1) is 6.92 Å². The molecule has 0 unspecified atom stereocenters. The van der Waals surface area contributed by atoms with Gasteiger partial charge < -0.3 is 19.0 Å². The Bertz CT molecular complexity index is 1180. The van der Waals surface area contributed by atoms with E-state index >= 15 is 0 Å². The zero-order valence-corrected chi connectivity index (χ0v) is 17.5. The molecule has 7 nitrogen and oxygen atoms in total. The Hall–Kier alpha value is -3.61. The van der Waals surface area contributed by atoms with Crippen molar-refractivity contribution >= 4 is 17.4 Å². The van der Waals surface area contributed by atoms with E-state index in [-0.39, 0.29) is 11.3 Å². The number of amides is 1. The van der Waals surface area contributed by atoms with Gasteiger partial charge in [0.05, 0.1) is 5.69 Å². The number of anilines is 1. The van der Waals surface area contributed by atoms with E-state index in [9.17, 15) is 4.79 Å². The molecule has 0 aliphatic rings. The van der Waals surface area contributed by atoms with Crippen molar-refractivity contribution in [1.82, 2.24) is 14.5 Å². The lowest BCUT2D eigenvalue weighted by Gasteiger charge is -2.12. The van der Waals surface area contributed by atoms with Crippen LogP contribution in [-0.2, 0) is 12.0 Å². The second-order valence-electron chi connectivity index (χ2n) is 8.30. The number of benzene rings is 1. The molecule has 0 bridgehead atoms. The molecule has 1 N–H and O–H groups in total. The highest BCUT2D eigenvalue weighted by atomic mass is 16.5. The van der Waals surface area contributed by atoms with Crippen LogP contribution in [0.15, 0.2) is 59.4 Å². The van der Waals surface area contributed by atoms with E-state index in [4.69, 9.17) is 9.26 Å². The quantitative estimate of drug-likeness (QED) is 0.519. The number of fused-ring (bicyclic) bond motifs is 1. The first kappa shape index (κ1) is 19.7. The minimum atomic E-state index is -0.258. The van der Waals surface area contributed by atoms with Gasteiger partial charge in [0.25, 0.3) is 5.91 Å². The zero-order chi connectivity index (χ0) is 21.3. The average molecular weight is 404 g/mol. The van der Waals surface area contributed by atoms with E-state index in [1.807, 2.05) is 56.6 Å². The summed E-state index contributed by atoms with van der Waals surface area (Å²) >= 11 is 0. The standard InChI is InChI=1S/C23H24N4O3/c1-15-5-10-21-24-17(13-27(21)12-15)14-29-18-8-6-16(7-9-18)22(28)25-20-11-19(30-26-20)23(2,3)4/h5-13H,14H2,1-4H3,(H,25,26,28). The van der Waals surface area contributed by atoms with Crippen LogP contribution in [0.3, 0.4) is 0 Å². The number of carbonyl (C=O) groups excluding carboxylic acids is 1. The molecule has 7 heteroatoms. The van der Waals surface area contributed by atoms with E-state index in [1.54, 1.807) is 30.3 Å². The summed E-state index contributed by atoms with van der Waals surface area (Å²) in [5, 5.41) is 6.66. The Labute approximate surface area is 174 Å². The molecule has 1 aromatic carbocycles. The molecule has 4 rings (SSSR count). The normalized spacial score (nSPS) is 11.6. The van der Waals surface area contributed by atoms with Crippen molar-refractivity contribution in [2.75, 3.05) is 5.32 Å². The molecule has 4 aromatic rings. The lowest BCUT2D eigenvalue weighted by molar-refractivity contribution is 0.102. The average Bonchev–Trinajstić information content (AvgIpc) is 3.33. The maximum atomic E-state index is 12.4. The minimum absolute atomic E-state index is 0.172. The summed E-state index contributed by atoms with van der Waals surface area (Å²) in [7, 11) is 0. The first-order valence-electron chi connectivity index (χ1n) is 9.73. The molecule has 1 amide bonds. The predicted octanol–water partition coefficient (Wildman–Crippen LogP) is 4.76. The van der Waals surface area contributed by atoms with Gasteiger partial charge in [0.1, 0.15) is 23.8 Å². The van der Waals surface area contributed by atoms with Gasteiger partial charge in [-0.15, -0.1) is 0 Å². The number of pyridine rings is 1. The van der Waals surface area contributed by atoms with Crippen molar-refractivity contribution in [3.05, 3.63) is 77.4 Å². The first-order valence-corrected chi connectivity index (χ1v) is 9.73. The fraction of sp³-hybridized carbons (Fsp3) is 0.261. The highest BCUT2D eigenvalue weighted by Gasteiger charge is 2.20. The van der Waals surface area contributed by atoms with E-state index in [0.717, 1.165) is 11.3 Å². The lowest BCUT2D eigenvalue weighted by atomic mass is 9.93. The molecule has 154 valence electrons. The fourth-order valence-corrected chi connectivity index (χ4v) is 2.96. The van der Waals surface area contributed by atoms with E-state index in [1.165, 1.54) is 5.56 Å². The van der Waals surface area contributed by atoms with Crippen molar-refractivity contribution in [3.8, 4) is 5.75 Å². The van der Waals surface area contributed by atoms with Crippen molar-refractivity contribution in [3.63, 3.8) is 0 Å². The number of aromatic nitrogens is 3. The molecule has 0 spiro atoms. The first-order chi connectivity index (χ1) is 14.3. The highest BCUT2D eigenvalue weighted by Crippen LogP contribution is 2.24. The Morgan fingerprint density at radius 3 is 2.60 bits per heavy atom.